The predicted octanol–water partition coefficient (Wildman–Crippen LogP) is 1.29. The number of hydrogen-bond donors (Lipinski definition) is 6. The Hall–Kier alpha value is -2.37. The average Bonchev–Trinajstić information content (AvgIpc) is 3.83. The first-order valence-corrected chi connectivity index (χ1v) is 23.9. The second kappa shape index (κ2) is 41.3. The van der Waals surface area contributed by atoms with E-state index in [0.717, 1.165) is 63.5 Å². The highest BCUT2D eigenvalue weighted by Gasteiger charge is 2.42. The zero-order valence-corrected chi connectivity index (χ0v) is 38.1. The molecule has 62 heavy (non-hydrogen) atoms. The monoisotopic (exact) mass is 909 g/mol. The van der Waals surface area contributed by atoms with E-state index in [1.807, 2.05) is 11.8 Å². The lowest BCUT2D eigenvalue weighted by molar-refractivity contribution is -0.122. The number of carbonyl (C=O) groups is 4. The van der Waals surface area contributed by atoms with Crippen molar-refractivity contribution < 1.29 is 61.8 Å². The van der Waals surface area contributed by atoms with E-state index in [4.69, 9.17) is 48.4 Å². The molecular formula is C42H80N6O13S. The van der Waals surface area contributed by atoms with Gasteiger partial charge in [0.25, 0.3) is 0 Å². The summed E-state index contributed by atoms with van der Waals surface area (Å²) in [4.78, 5) is 47.8. The van der Waals surface area contributed by atoms with Crippen LogP contribution in [-0.4, -0.2) is 192 Å². The molecule has 0 saturated carbocycles. The minimum absolute atomic E-state index is 0.00267. The molecule has 0 bridgehead atoms. The third-order valence-electron chi connectivity index (χ3n) is 9.69. The molecule has 2 aliphatic rings. The molecule has 2 heterocycles. The molecule has 3 atom stereocenters. The lowest BCUT2D eigenvalue weighted by Gasteiger charge is -2.16. The molecule has 2 fully saturated rings. The van der Waals surface area contributed by atoms with E-state index in [0.29, 0.717) is 170 Å². The van der Waals surface area contributed by atoms with Crippen molar-refractivity contribution in [1.29, 1.82) is 0 Å². The zero-order valence-electron chi connectivity index (χ0n) is 37.3. The van der Waals surface area contributed by atoms with Gasteiger partial charge in [-0.1, -0.05) is 19.3 Å². The van der Waals surface area contributed by atoms with E-state index >= 15 is 0 Å². The van der Waals surface area contributed by atoms with Gasteiger partial charge in [0.05, 0.1) is 131 Å². The Morgan fingerprint density at radius 2 is 0.855 bits per heavy atom. The van der Waals surface area contributed by atoms with Gasteiger partial charge >= 0.3 is 6.03 Å². The first kappa shape index (κ1) is 55.8. The molecule has 7 N–H and O–H groups in total. The minimum atomic E-state index is -0.0644. The maximum Gasteiger partial charge on any atom is 0.315 e. The van der Waals surface area contributed by atoms with Crippen molar-refractivity contribution in [1.82, 2.24) is 26.6 Å². The highest BCUT2D eigenvalue weighted by Crippen LogP contribution is 2.33. The summed E-state index contributed by atoms with van der Waals surface area (Å²) in [5.74, 6) is 1.07. The average molecular weight is 909 g/mol. The number of amides is 5. The quantitative estimate of drug-likeness (QED) is 0.0373. The van der Waals surface area contributed by atoms with Gasteiger partial charge < -0.3 is 74.9 Å². The molecule has 2 saturated heterocycles. The zero-order chi connectivity index (χ0) is 44.4. The maximum absolute atomic E-state index is 12.1. The van der Waals surface area contributed by atoms with E-state index < -0.39 is 0 Å². The minimum Gasteiger partial charge on any atom is -0.378 e. The van der Waals surface area contributed by atoms with E-state index in [1.165, 1.54) is 0 Å². The van der Waals surface area contributed by atoms with Crippen LogP contribution in [0, 0.1) is 0 Å². The molecular weight excluding hydrogens is 829 g/mol. The number of rotatable bonds is 46. The van der Waals surface area contributed by atoms with Crippen LogP contribution >= 0.6 is 11.8 Å². The summed E-state index contributed by atoms with van der Waals surface area (Å²) < 4.78 is 48.9. The molecule has 0 unspecified atom stereocenters. The Labute approximate surface area is 374 Å². The van der Waals surface area contributed by atoms with Crippen molar-refractivity contribution in [3.05, 3.63) is 0 Å². The number of nitrogens with one attached hydrogen (secondary N) is 5. The third-order valence-corrected chi connectivity index (χ3v) is 11.2. The summed E-state index contributed by atoms with van der Waals surface area (Å²) >= 11 is 1.90. The van der Waals surface area contributed by atoms with Crippen LogP contribution in [0.2, 0.25) is 0 Å². The number of urea groups is 1. The summed E-state index contributed by atoms with van der Waals surface area (Å²) in [5.41, 5.74) is 5.34. The van der Waals surface area contributed by atoms with E-state index in [-0.39, 0.29) is 35.8 Å². The van der Waals surface area contributed by atoms with Crippen LogP contribution in [0.4, 0.5) is 4.79 Å². The molecule has 5 amide bonds. The fourth-order valence-corrected chi connectivity index (χ4v) is 7.92. The van der Waals surface area contributed by atoms with Crippen molar-refractivity contribution in [3.8, 4) is 0 Å². The van der Waals surface area contributed by atoms with Crippen LogP contribution < -0.4 is 32.3 Å². The lowest BCUT2D eigenvalue weighted by Crippen LogP contribution is -2.36. The van der Waals surface area contributed by atoms with Crippen molar-refractivity contribution in [2.75, 3.05) is 151 Å². The van der Waals surface area contributed by atoms with Gasteiger partial charge in [0.1, 0.15) is 0 Å². The SMILES string of the molecule is NCCOCCOCCOCCOCCOCCOCCOCCOCCOCCNC(=O)CCCCCNC(=O)CCCCCNC(=O)CCCC[C@@H]1SC[C@@H]2NC(=O)N[C@@H]21. The molecule has 2 rings (SSSR count). The van der Waals surface area contributed by atoms with E-state index in [2.05, 4.69) is 26.6 Å². The number of fused-ring (bicyclic) bond motifs is 1. The Morgan fingerprint density at radius 3 is 1.27 bits per heavy atom. The molecule has 0 aromatic heterocycles. The highest BCUT2D eigenvalue weighted by molar-refractivity contribution is 8.00. The van der Waals surface area contributed by atoms with Gasteiger partial charge in [-0.05, 0) is 38.5 Å². The first-order valence-electron chi connectivity index (χ1n) is 22.9. The summed E-state index contributed by atoms with van der Waals surface area (Å²) in [6.45, 7) is 11.0. The second-order valence-electron chi connectivity index (χ2n) is 14.8. The largest absolute Gasteiger partial charge is 0.378 e. The molecule has 0 aromatic carbocycles. The normalized spacial score (nSPS) is 16.9. The van der Waals surface area contributed by atoms with Crippen LogP contribution in [0.1, 0.15) is 77.0 Å². The number of thioether (sulfide) groups is 1. The Morgan fingerprint density at radius 1 is 0.484 bits per heavy atom. The molecule has 0 aromatic rings. The van der Waals surface area contributed by atoms with E-state index in [9.17, 15) is 19.2 Å². The topological polar surface area (TPSA) is 238 Å². The second-order valence-corrected chi connectivity index (χ2v) is 16.1. The molecule has 20 heteroatoms. The smallest absolute Gasteiger partial charge is 0.315 e. The van der Waals surface area contributed by atoms with Crippen molar-refractivity contribution in [2.24, 2.45) is 5.73 Å². The van der Waals surface area contributed by atoms with Gasteiger partial charge in [-0.2, -0.15) is 11.8 Å². The van der Waals surface area contributed by atoms with Crippen molar-refractivity contribution >= 4 is 35.5 Å². The summed E-state index contributed by atoms with van der Waals surface area (Å²) in [7, 11) is 0. The van der Waals surface area contributed by atoms with Crippen molar-refractivity contribution in [2.45, 2.75) is 94.4 Å². The number of carbonyl (C=O) groups excluding carboxylic acids is 4. The molecule has 19 nitrogen and oxygen atoms in total. The van der Waals surface area contributed by atoms with Crippen molar-refractivity contribution in [3.63, 3.8) is 0 Å². The predicted molar refractivity (Wildman–Crippen MR) is 236 cm³/mol. The molecule has 0 aliphatic carbocycles. The molecule has 0 spiro atoms. The van der Waals surface area contributed by atoms with Crippen LogP contribution in [0.15, 0.2) is 0 Å². The van der Waals surface area contributed by atoms with Gasteiger partial charge in [-0.25, -0.2) is 4.79 Å². The van der Waals surface area contributed by atoms with Gasteiger partial charge in [0, 0.05) is 56.4 Å². The number of ether oxygens (including phenoxy) is 9. The van der Waals surface area contributed by atoms with Gasteiger partial charge in [-0.15, -0.1) is 0 Å². The van der Waals surface area contributed by atoms with Crippen LogP contribution in [-0.2, 0) is 57.0 Å². The van der Waals surface area contributed by atoms with Gasteiger partial charge in [0.2, 0.25) is 17.7 Å². The maximum atomic E-state index is 12.1. The fourth-order valence-electron chi connectivity index (χ4n) is 6.38. The van der Waals surface area contributed by atoms with Crippen LogP contribution in [0.25, 0.3) is 0 Å². The highest BCUT2D eigenvalue weighted by atomic mass is 32.2. The fraction of sp³-hybridized carbons (Fsp3) is 0.905. The molecule has 2 aliphatic heterocycles. The Bertz CT molecular complexity index is 1120. The number of hydrogen-bond acceptors (Lipinski definition) is 15. The lowest BCUT2D eigenvalue weighted by atomic mass is 10.0. The molecule has 362 valence electrons. The first-order chi connectivity index (χ1) is 30.5. The third kappa shape index (κ3) is 33.2. The summed E-state index contributed by atoms with van der Waals surface area (Å²) in [5, 5.41) is 15.2. The van der Waals surface area contributed by atoms with Crippen LogP contribution in [0.3, 0.4) is 0 Å². The van der Waals surface area contributed by atoms with Gasteiger partial charge in [-0.3, -0.25) is 14.4 Å². The number of nitrogens with two attached hydrogens (primary N) is 1. The number of unbranched alkanes of at least 4 members (excludes halogenated alkanes) is 5. The standard InChI is InChI=1S/C42H80N6O13S/c43-13-17-53-19-21-55-23-25-57-27-29-59-31-33-61-34-32-60-30-28-58-26-24-56-22-20-54-18-16-46-40(51)11-4-2-8-14-44-38(49)10-3-1-7-15-45-39(50)12-6-5-9-37-41-36(35-62-37)47-42(52)48-41/h36-37,41H,1-35,43H2,(H,44,49)(H,45,50)(H,46,51)(H2,47,48,52)/t36-,37-,41-/m0/s1. The Balaban J connectivity index is 1.18. The molecule has 0 radical (unpaired) electrons. The van der Waals surface area contributed by atoms with E-state index in [1.54, 1.807) is 0 Å². The van der Waals surface area contributed by atoms with Crippen LogP contribution in [0.5, 0.6) is 0 Å². The van der Waals surface area contributed by atoms with Gasteiger partial charge in [0.15, 0.2) is 0 Å². The summed E-state index contributed by atoms with van der Waals surface area (Å²) in [6.07, 6.45) is 9.28. The Kier molecular flexibility index (Phi) is 37.2. The summed E-state index contributed by atoms with van der Waals surface area (Å²) in [6, 6.07) is 0.391.